The molecule has 0 radical (unpaired) electrons. The molecule has 33 heavy (non-hydrogen) atoms. The Morgan fingerprint density at radius 3 is 2.42 bits per heavy atom. The highest BCUT2D eigenvalue weighted by Crippen LogP contribution is 2.28. The van der Waals surface area contributed by atoms with Gasteiger partial charge in [0, 0.05) is 23.9 Å². The number of benzene rings is 3. The van der Waals surface area contributed by atoms with Crippen LogP contribution in [-0.2, 0) is 6.54 Å². The Balaban J connectivity index is 1.53. The van der Waals surface area contributed by atoms with Crippen molar-refractivity contribution in [3.8, 4) is 22.7 Å². The maximum atomic E-state index is 12.8. The highest BCUT2D eigenvalue weighted by Gasteiger charge is 2.14. The zero-order chi connectivity index (χ0) is 23.2. The molecule has 4 rings (SSSR count). The largest absolute Gasteiger partial charge is 0.433 e. The molecule has 0 atom stereocenters. The van der Waals surface area contributed by atoms with Crippen LogP contribution in [-0.4, -0.2) is 21.5 Å². The number of anilines is 1. The number of nitrogens with zero attached hydrogens (tertiary/aromatic N) is 2. The molecule has 0 aliphatic heterocycles. The minimum atomic E-state index is -2.92. The standard InChI is InChI=1S/C25H22F2N4OS/c1-17-12-13-21(22(14-17)32-24(26)27)29-25(33)28-15-19-16-31(20-10-6-3-7-11-20)30-23(19)18-8-4-2-5-9-18/h2-14,16,24H,15H2,1H3,(H2,28,29,33). The first kappa shape index (κ1) is 22.4. The van der Waals surface area contributed by atoms with Crippen molar-refractivity contribution in [2.75, 3.05) is 5.32 Å². The smallest absolute Gasteiger partial charge is 0.387 e. The Morgan fingerprint density at radius 2 is 1.73 bits per heavy atom. The zero-order valence-corrected chi connectivity index (χ0v) is 18.7. The molecule has 0 amide bonds. The number of thiocarbonyl (C=S) groups is 1. The van der Waals surface area contributed by atoms with E-state index in [1.807, 2.05) is 71.5 Å². The minimum Gasteiger partial charge on any atom is -0.433 e. The fraction of sp³-hybridized carbons (Fsp3) is 0.120. The molecule has 0 unspecified atom stereocenters. The van der Waals surface area contributed by atoms with Crippen LogP contribution in [0.1, 0.15) is 11.1 Å². The maximum absolute atomic E-state index is 12.8. The predicted molar refractivity (Wildman–Crippen MR) is 130 cm³/mol. The lowest BCUT2D eigenvalue weighted by atomic mass is 10.1. The van der Waals surface area contributed by atoms with E-state index in [0.717, 1.165) is 28.1 Å². The highest BCUT2D eigenvalue weighted by atomic mass is 32.1. The van der Waals surface area contributed by atoms with Crippen molar-refractivity contribution in [3.05, 3.63) is 96.2 Å². The summed E-state index contributed by atoms with van der Waals surface area (Å²) in [4.78, 5) is 0. The molecule has 3 aromatic carbocycles. The summed E-state index contributed by atoms with van der Waals surface area (Å²) in [5.74, 6) is 0.0380. The minimum absolute atomic E-state index is 0.0380. The van der Waals surface area contributed by atoms with E-state index in [9.17, 15) is 8.78 Å². The van der Waals surface area contributed by atoms with Crippen LogP contribution >= 0.6 is 12.2 Å². The van der Waals surface area contributed by atoms with Gasteiger partial charge in [0.2, 0.25) is 0 Å². The molecule has 0 saturated carbocycles. The molecular formula is C25H22F2N4OS. The van der Waals surface area contributed by atoms with E-state index in [-0.39, 0.29) is 10.9 Å². The van der Waals surface area contributed by atoms with Gasteiger partial charge < -0.3 is 15.4 Å². The number of rotatable bonds is 7. The first-order valence-corrected chi connectivity index (χ1v) is 10.7. The number of aromatic nitrogens is 2. The average molecular weight is 465 g/mol. The summed E-state index contributed by atoms with van der Waals surface area (Å²) in [5.41, 5.74) is 4.84. The van der Waals surface area contributed by atoms with Gasteiger partial charge in [-0.15, -0.1) is 0 Å². The lowest BCUT2D eigenvalue weighted by molar-refractivity contribution is -0.0493. The van der Waals surface area contributed by atoms with Gasteiger partial charge in [-0.2, -0.15) is 13.9 Å². The first-order valence-electron chi connectivity index (χ1n) is 10.3. The van der Waals surface area contributed by atoms with Gasteiger partial charge in [0.25, 0.3) is 0 Å². The summed E-state index contributed by atoms with van der Waals surface area (Å²) in [7, 11) is 0. The second kappa shape index (κ2) is 10.2. The third kappa shape index (κ3) is 5.72. The molecule has 0 aliphatic rings. The van der Waals surface area contributed by atoms with Crippen molar-refractivity contribution in [1.82, 2.24) is 15.1 Å². The number of nitrogens with one attached hydrogen (secondary N) is 2. The van der Waals surface area contributed by atoms with Crippen LogP contribution in [0.25, 0.3) is 16.9 Å². The average Bonchev–Trinajstić information content (AvgIpc) is 3.25. The Bertz CT molecular complexity index is 1230. The molecule has 1 aromatic heterocycles. The highest BCUT2D eigenvalue weighted by molar-refractivity contribution is 7.80. The monoisotopic (exact) mass is 464 g/mol. The zero-order valence-electron chi connectivity index (χ0n) is 17.8. The van der Waals surface area contributed by atoms with Crippen LogP contribution in [0.2, 0.25) is 0 Å². The number of para-hydroxylation sites is 1. The molecule has 0 aliphatic carbocycles. The van der Waals surface area contributed by atoms with E-state index in [0.29, 0.717) is 12.2 Å². The SMILES string of the molecule is Cc1ccc(NC(=S)NCc2cn(-c3ccccc3)nc2-c2ccccc2)c(OC(F)F)c1. The van der Waals surface area contributed by atoms with Crippen molar-refractivity contribution < 1.29 is 13.5 Å². The molecule has 5 nitrogen and oxygen atoms in total. The van der Waals surface area contributed by atoms with Gasteiger partial charge in [0.05, 0.1) is 17.1 Å². The summed E-state index contributed by atoms with van der Waals surface area (Å²) >= 11 is 5.41. The Kier molecular flexibility index (Phi) is 6.95. The normalized spacial score (nSPS) is 10.8. The Hall–Kier alpha value is -3.78. The van der Waals surface area contributed by atoms with Crippen molar-refractivity contribution in [3.63, 3.8) is 0 Å². The lowest BCUT2D eigenvalue weighted by Crippen LogP contribution is -2.28. The quantitative estimate of drug-likeness (QED) is 0.332. The molecule has 168 valence electrons. The van der Waals surface area contributed by atoms with Crippen LogP contribution in [0.3, 0.4) is 0 Å². The number of hydrogen-bond donors (Lipinski definition) is 2. The van der Waals surface area contributed by atoms with Crippen LogP contribution in [0.5, 0.6) is 5.75 Å². The molecule has 1 heterocycles. The maximum Gasteiger partial charge on any atom is 0.387 e. The third-order valence-corrected chi connectivity index (χ3v) is 5.15. The van der Waals surface area contributed by atoms with E-state index in [2.05, 4.69) is 15.4 Å². The fourth-order valence-electron chi connectivity index (χ4n) is 3.36. The van der Waals surface area contributed by atoms with E-state index in [4.69, 9.17) is 17.3 Å². The summed E-state index contributed by atoms with van der Waals surface area (Å²) in [6, 6.07) is 24.7. The molecule has 0 fully saturated rings. The number of ether oxygens (including phenoxy) is 1. The van der Waals surface area contributed by atoms with Gasteiger partial charge in [0.15, 0.2) is 5.11 Å². The third-order valence-electron chi connectivity index (χ3n) is 4.90. The summed E-state index contributed by atoms with van der Waals surface area (Å²) in [5, 5.41) is 11.1. The summed E-state index contributed by atoms with van der Waals surface area (Å²) in [6.07, 6.45) is 1.95. The van der Waals surface area contributed by atoms with Crippen LogP contribution < -0.4 is 15.4 Å². The van der Waals surface area contributed by atoms with Crippen LogP contribution in [0.4, 0.5) is 14.5 Å². The summed E-state index contributed by atoms with van der Waals surface area (Å²) < 4.78 is 32.0. The van der Waals surface area contributed by atoms with Gasteiger partial charge in [-0.25, -0.2) is 4.68 Å². The first-order chi connectivity index (χ1) is 16.0. The Labute approximate surface area is 196 Å². The second-order valence-corrected chi connectivity index (χ2v) is 7.74. The predicted octanol–water partition coefficient (Wildman–Crippen LogP) is 5.94. The van der Waals surface area contributed by atoms with E-state index >= 15 is 0 Å². The summed E-state index contributed by atoms with van der Waals surface area (Å²) in [6.45, 7) is -0.736. The van der Waals surface area contributed by atoms with E-state index in [1.54, 1.807) is 19.1 Å². The lowest BCUT2D eigenvalue weighted by Gasteiger charge is -2.15. The topological polar surface area (TPSA) is 51.1 Å². The van der Waals surface area contributed by atoms with Crippen molar-refractivity contribution in [2.45, 2.75) is 20.1 Å². The van der Waals surface area contributed by atoms with Crippen LogP contribution in [0.15, 0.2) is 85.1 Å². The number of alkyl halides is 2. The fourth-order valence-corrected chi connectivity index (χ4v) is 3.54. The molecular weight excluding hydrogens is 442 g/mol. The van der Waals surface area contributed by atoms with Crippen molar-refractivity contribution >= 4 is 23.0 Å². The molecule has 0 saturated heterocycles. The van der Waals surface area contributed by atoms with Gasteiger partial charge >= 0.3 is 6.61 Å². The van der Waals surface area contributed by atoms with Gasteiger partial charge in [0.1, 0.15) is 5.75 Å². The number of halogens is 2. The molecule has 4 aromatic rings. The molecule has 0 spiro atoms. The number of aryl methyl sites for hydroxylation is 1. The van der Waals surface area contributed by atoms with Crippen molar-refractivity contribution in [2.24, 2.45) is 0 Å². The van der Waals surface area contributed by atoms with Crippen LogP contribution in [0, 0.1) is 6.92 Å². The number of hydrogen-bond acceptors (Lipinski definition) is 3. The van der Waals surface area contributed by atoms with E-state index in [1.165, 1.54) is 6.07 Å². The van der Waals surface area contributed by atoms with Gasteiger partial charge in [-0.05, 0) is 49.0 Å². The molecule has 2 N–H and O–H groups in total. The molecule has 0 bridgehead atoms. The van der Waals surface area contributed by atoms with Gasteiger partial charge in [-0.3, -0.25) is 0 Å². The van der Waals surface area contributed by atoms with E-state index < -0.39 is 6.61 Å². The van der Waals surface area contributed by atoms with Crippen molar-refractivity contribution in [1.29, 1.82) is 0 Å². The van der Waals surface area contributed by atoms with Gasteiger partial charge in [-0.1, -0.05) is 54.6 Å². The second-order valence-electron chi connectivity index (χ2n) is 7.33. The Morgan fingerprint density at radius 1 is 1.03 bits per heavy atom. The molecule has 8 heteroatoms.